The van der Waals surface area contributed by atoms with Gasteiger partial charge in [0.05, 0.1) is 18.4 Å². The minimum absolute atomic E-state index is 0.0747. The van der Waals surface area contributed by atoms with E-state index in [0.717, 1.165) is 16.0 Å². The van der Waals surface area contributed by atoms with Gasteiger partial charge in [-0.2, -0.15) is 0 Å². The van der Waals surface area contributed by atoms with Crippen LogP contribution in [0.25, 0.3) is 0 Å². The molecule has 0 saturated carbocycles. The normalized spacial score (nSPS) is 16.1. The number of carbonyl (C=O) groups is 3. The number of furan rings is 1. The first kappa shape index (κ1) is 20.9. The van der Waals surface area contributed by atoms with Crippen molar-refractivity contribution >= 4 is 35.0 Å². The third-order valence-electron chi connectivity index (χ3n) is 5.31. The van der Waals surface area contributed by atoms with E-state index in [1.54, 1.807) is 30.3 Å². The Morgan fingerprint density at radius 1 is 1.13 bits per heavy atom. The molecule has 0 radical (unpaired) electrons. The van der Waals surface area contributed by atoms with Crippen LogP contribution in [0.1, 0.15) is 28.1 Å². The summed E-state index contributed by atoms with van der Waals surface area (Å²) in [7, 11) is 0. The van der Waals surface area contributed by atoms with E-state index in [4.69, 9.17) is 16.0 Å². The summed E-state index contributed by atoms with van der Waals surface area (Å²) in [5.74, 6) is -1.05. The number of anilines is 1. The van der Waals surface area contributed by atoms with Gasteiger partial charge in [-0.1, -0.05) is 41.4 Å². The van der Waals surface area contributed by atoms with Crippen molar-refractivity contribution in [3.63, 3.8) is 0 Å². The Labute approximate surface area is 185 Å². The number of halogens is 1. The molecule has 1 saturated heterocycles. The number of rotatable bonds is 6. The Balaban J connectivity index is 1.61. The van der Waals surface area contributed by atoms with Gasteiger partial charge in [0.15, 0.2) is 5.76 Å². The molecule has 0 bridgehead atoms. The number of hydrogen-bond acceptors (Lipinski definition) is 4. The number of aryl methyl sites for hydroxylation is 1. The first-order chi connectivity index (χ1) is 14.9. The summed E-state index contributed by atoms with van der Waals surface area (Å²) < 4.78 is 5.27. The molecule has 3 aromatic rings. The molecule has 1 unspecified atom stereocenters. The molecule has 2 heterocycles. The van der Waals surface area contributed by atoms with E-state index in [0.29, 0.717) is 17.1 Å². The van der Waals surface area contributed by atoms with Crippen molar-refractivity contribution in [1.82, 2.24) is 4.90 Å². The number of amides is 3. The molecule has 7 heteroatoms. The Hall–Kier alpha value is -3.38. The lowest BCUT2D eigenvalue weighted by Gasteiger charge is -2.27. The predicted octanol–water partition coefficient (Wildman–Crippen LogP) is 4.26. The van der Waals surface area contributed by atoms with Crippen molar-refractivity contribution in [3.05, 3.63) is 88.8 Å². The van der Waals surface area contributed by atoms with E-state index in [1.165, 1.54) is 11.2 Å². The lowest BCUT2D eigenvalue weighted by molar-refractivity contribution is -0.122. The fourth-order valence-electron chi connectivity index (χ4n) is 3.71. The third kappa shape index (κ3) is 4.39. The van der Waals surface area contributed by atoms with Crippen LogP contribution in [0.15, 0.2) is 71.3 Å². The van der Waals surface area contributed by atoms with Crippen LogP contribution < -0.4 is 4.90 Å². The zero-order valence-electron chi connectivity index (χ0n) is 17.0. The highest BCUT2D eigenvalue weighted by Crippen LogP contribution is 2.27. The molecule has 1 aromatic heterocycles. The molecule has 0 spiro atoms. The highest BCUT2D eigenvalue weighted by molar-refractivity contribution is 6.30. The van der Waals surface area contributed by atoms with Gasteiger partial charge in [-0.05, 0) is 55.3 Å². The van der Waals surface area contributed by atoms with Gasteiger partial charge in [0.25, 0.3) is 11.8 Å². The van der Waals surface area contributed by atoms with Crippen molar-refractivity contribution in [2.24, 2.45) is 0 Å². The molecule has 1 aliphatic rings. The summed E-state index contributed by atoms with van der Waals surface area (Å²) in [5, 5.41) is 0.596. The topological polar surface area (TPSA) is 70.8 Å². The molecule has 1 atom stereocenters. The summed E-state index contributed by atoms with van der Waals surface area (Å²) in [6, 6.07) is 16.7. The molecule has 31 heavy (non-hydrogen) atoms. The van der Waals surface area contributed by atoms with Gasteiger partial charge in [-0.25, -0.2) is 4.90 Å². The number of hydrogen-bond donors (Lipinski definition) is 0. The fourth-order valence-corrected chi connectivity index (χ4v) is 3.92. The van der Waals surface area contributed by atoms with Crippen LogP contribution in [-0.2, 0) is 16.0 Å². The van der Waals surface area contributed by atoms with E-state index < -0.39 is 17.9 Å². The van der Waals surface area contributed by atoms with Gasteiger partial charge in [-0.15, -0.1) is 0 Å². The molecule has 1 fully saturated rings. The van der Waals surface area contributed by atoms with E-state index in [9.17, 15) is 14.4 Å². The third-order valence-corrected chi connectivity index (χ3v) is 5.55. The lowest BCUT2D eigenvalue weighted by Crippen LogP contribution is -2.46. The maximum atomic E-state index is 13.2. The smallest absolute Gasteiger partial charge is 0.290 e. The van der Waals surface area contributed by atoms with Crippen LogP contribution in [0.4, 0.5) is 5.69 Å². The maximum Gasteiger partial charge on any atom is 0.290 e. The van der Waals surface area contributed by atoms with E-state index in [2.05, 4.69) is 0 Å². The average Bonchev–Trinajstić information content (AvgIpc) is 3.38. The second kappa shape index (κ2) is 8.78. The van der Waals surface area contributed by atoms with Crippen molar-refractivity contribution in [1.29, 1.82) is 0 Å². The fraction of sp³-hybridized carbons (Fsp3) is 0.208. The Morgan fingerprint density at radius 2 is 1.90 bits per heavy atom. The van der Waals surface area contributed by atoms with Crippen LogP contribution in [0.5, 0.6) is 0 Å². The second-order valence-corrected chi connectivity index (χ2v) is 7.92. The van der Waals surface area contributed by atoms with Crippen LogP contribution in [-0.4, -0.2) is 35.2 Å². The number of imide groups is 1. The van der Waals surface area contributed by atoms with Gasteiger partial charge >= 0.3 is 0 Å². The summed E-state index contributed by atoms with van der Waals surface area (Å²) in [4.78, 5) is 41.7. The Kier molecular flexibility index (Phi) is 5.91. The van der Waals surface area contributed by atoms with E-state index in [-0.39, 0.29) is 24.6 Å². The predicted molar refractivity (Wildman–Crippen MR) is 117 cm³/mol. The van der Waals surface area contributed by atoms with Gasteiger partial charge in [-0.3, -0.25) is 14.4 Å². The average molecular weight is 437 g/mol. The maximum absolute atomic E-state index is 13.2. The van der Waals surface area contributed by atoms with Gasteiger partial charge in [0, 0.05) is 11.6 Å². The summed E-state index contributed by atoms with van der Waals surface area (Å²) in [6.07, 6.45) is 1.81. The molecule has 158 valence electrons. The van der Waals surface area contributed by atoms with Gasteiger partial charge in [0.1, 0.15) is 6.04 Å². The first-order valence-corrected chi connectivity index (χ1v) is 10.3. The minimum Gasteiger partial charge on any atom is -0.459 e. The van der Waals surface area contributed by atoms with Crippen LogP contribution >= 0.6 is 11.6 Å². The Bertz CT molecular complexity index is 1110. The van der Waals surface area contributed by atoms with Gasteiger partial charge < -0.3 is 9.32 Å². The van der Waals surface area contributed by atoms with Gasteiger partial charge in [0.2, 0.25) is 5.91 Å². The zero-order chi connectivity index (χ0) is 22.0. The van der Waals surface area contributed by atoms with Crippen LogP contribution in [0.2, 0.25) is 5.02 Å². The highest BCUT2D eigenvalue weighted by atomic mass is 35.5. The monoisotopic (exact) mass is 436 g/mol. The molecule has 2 aromatic carbocycles. The van der Waals surface area contributed by atoms with Crippen molar-refractivity contribution in [2.75, 3.05) is 11.4 Å². The molecular weight excluding hydrogens is 416 g/mol. The minimum atomic E-state index is -0.898. The highest BCUT2D eigenvalue weighted by Gasteiger charge is 2.44. The quantitative estimate of drug-likeness (QED) is 0.541. The summed E-state index contributed by atoms with van der Waals surface area (Å²) >= 11 is 6.07. The molecule has 3 amide bonds. The van der Waals surface area contributed by atoms with E-state index >= 15 is 0 Å². The molecule has 0 aliphatic carbocycles. The van der Waals surface area contributed by atoms with Crippen molar-refractivity contribution in [2.45, 2.75) is 25.8 Å². The molecular formula is C24H21ClN2O4. The van der Waals surface area contributed by atoms with Crippen molar-refractivity contribution < 1.29 is 18.8 Å². The van der Waals surface area contributed by atoms with E-state index in [1.807, 2.05) is 37.3 Å². The van der Waals surface area contributed by atoms with Crippen molar-refractivity contribution in [3.8, 4) is 0 Å². The zero-order valence-corrected chi connectivity index (χ0v) is 17.7. The summed E-state index contributed by atoms with van der Waals surface area (Å²) in [6.45, 7) is 2.17. The first-order valence-electron chi connectivity index (χ1n) is 9.96. The number of benzene rings is 2. The summed E-state index contributed by atoms with van der Waals surface area (Å²) in [5.41, 5.74) is 2.45. The second-order valence-electron chi connectivity index (χ2n) is 7.48. The molecule has 4 rings (SSSR count). The Morgan fingerprint density at radius 3 is 2.58 bits per heavy atom. The number of nitrogens with zero attached hydrogens (tertiary/aromatic N) is 2. The van der Waals surface area contributed by atoms with Crippen LogP contribution in [0, 0.1) is 6.92 Å². The molecule has 6 nitrogen and oxygen atoms in total. The molecule has 0 N–H and O–H groups in total. The standard InChI is InChI=1S/C24H21ClN2O4/c1-16-7-9-19(10-8-16)27-22(28)15-20(23(27)29)26(24(30)21-6-3-13-31-21)12-11-17-4-2-5-18(25)14-17/h2-10,13-14,20H,11-12,15H2,1H3. The lowest BCUT2D eigenvalue weighted by atomic mass is 10.1. The number of carbonyl (C=O) groups excluding carboxylic acids is 3. The SMILES string of the molecule is Cc1ccc(N2C(=O)CC(N(CCc3cccc(Cl)c3)C(=O)c3ccco3)C2=O)cc1. The largest absolute Gasteiger partial charge is 0.459 e. The van der Waals surface area contributed by atoms with Crippen LogP contribution in [0.3, 0.4) is 0 Å². The molecule has 1 aliphatic heterocycles.